The first-order valence-corrected chi connectivity index (χ1v) is 7.27. The average molecular weight is 280 g/mol. The van der Waals surface area contributed by atoms with E-state index in [1.54, 1.807) is 23.0 Å². The van der Waals surface area contributed by atoms with E-state index >= 15 is 0 Å². The van der Waals surface area contributed by atoms with Crippen LogP contribution in [0.5, 0.6) is 0 Å². The maximum absolute atomic E-state index is 11.1. The second-order valence-corrected chi connectivity index (χ2v) is 5.86. The summed E-state index contributed by atoms with van der Waals surface area (Å²) >= 11 is 0. The van der Waals surface area contributed by atoms with Gasteiger partial charge in [-0.05, 0) is 31.2 Å². The van der Waals surface area contributed by atoms with E-state index in [0.29, 0.717) is 6.54 Å². The van der Waals surface area contributed by atoms with E-state index in [1.165, 1.54) is 12.1 Å². The van der Waals surface area contributed by atoms with Gasteiger partial charge in [0.1, 0.15) is 0 Å². The zero-order valence-corrected chi connectivity index (χ0v) is 11.6. The molecule has 1 aromatic carbocycles. The number of aryl methyl sites for hydroxylation is 1. The summed E-state index contributed by atoms with van der Waals surface area (Å²) in [5.74, 6) is 0. The molecule has 2 rings (SSSR count). The summed E-state index contributed by atoms with van der Waals surface area (Å²) in [7, 11) is -1.74. The van der Waals surface area contributed by atoms with Crippen molar-refractivity contribution < 1.29 is 8.42 Å². The topological polar surface area (TPSA) is 90.0 Å². The molecule has 6 nitrogen and oxygen atoms in total. The number of nitrogens with zero attached hydrogens (tertiary/aromatic N) is 2. The van der Waals surface area contributed by atoms with Crippen molar-refractivity contribution in [3.05, 3.63) is 41.7 Å². The van der Waals surface area contributed by atoms with Gasteiger partial charge in [0.2, 0.25) is 10.0 Å². The van der Waals surface area contributed by atoms with Crippen molar-refractivity contribution in [2.24, 2.45) is 12.2 Å². The minimum Gasteiger partial charge on any atom is -0.381 e. The van der Waals surface area contributed by atoms with Crippen LogP contribution in [0.1, 0.15) is 11.3 Å². The van der Waals surface area contributed by atoms with E-state index in [4.69, 9.17) is 5.14 Å². The third-order valence-electron chi connectivity index (χ3n) is 3.00. The number of aromatic nitrogens is 2. The Kier molecular flexibility index (Phi) is 3.59. The largest absolute Gasteiger partial charge is 0.381 e. The van der Waals surface area contributed by atoms with Gasteiger partial charge in [-0.25, -0.2) is 13.6 Å². The molecule has 1 aromatic heterocycles. The highest BCUT2D eigenvalue weighted by molar-refractivity contribution is 7.89. The van der Waals surface area contributed by atoms with E-state index in [1.807, 2.05) is 14.0 Å². The van der Waals surface area contributed by atoms with Crippen LogP contribution in [0.4, 0.5) is 5.69 Å². The molecule has 0 aliphatic heterocycles. The van der Waals surface area contributed by atoms with Gasteiger partial charge in [0, 0.05) is 30.5 Å². The molecule has 0 spiro atoms. The molecule has 0 saturated carbocycles. The molecular formula is C12H16N4O2S. The predicted molar refractivity (Wildman–Crippen MR) is 73.1 cm³/mol. The van der Waals surface area contributed by atoms with E-state index in [0.717, 1.165) is 16.9 Å². The fourth-order valence-corrected chi connectivity index (χ4v) is 2.19. The average Bonchev–Trinajstić information content (AvgIpc) is 2.67. The van der Waals surface area contributed by atoms with Crippen molar-refractivity contribution >= 4 is 15.7 Å². The quantitative estimate of drug-likeness (QED) is 0.873. The number of primary sulfonamides is 1. The van der Waals surface area contributed by atoms with Gasteiger partial charge < -0.3 is 5.32 Å². The molecule has 0 unspecified atom stereocenters. The minimum absolute atomic E-state index is 0.107. The van der Waals surface area contributed by atoms with Crippen molar-refractivity contribution in [1.82, 2.24) is 9.78 Å². The molecule has 0 aliphatic carbocycles. The molecule has 0 fully saturated rings. The van der Waals surface area contributed by atoms with Crippen molar-refractivity contribution in [2.45, 2.75) is 18.4 Å². The first-order valence-electron chi connectivity index (χ1n) is 5.72. The van der Waals surface area contributed by atoms with Crippen LogP contribution in [0.25, 0.3) is 0 Å². The molecule has 3 N–H and O–H groups in total. The second kappa shape index (κ2) is 5.02. The van der Waals surface area contributed by atoms with Crippen LogP contribution in [-0.4, -0.2) is 18.2 Å². The van der Waals surface area contributed by atoms with Gasteiger partial charge in [-0.15, -0.1) is 0 Å². The molecule has 0 radical (unpaired) electrons. The Morgan fingerprint density at radius 1 is 1.32 bits per heavy atom. The van der Waals surface area contributed by atoms with Gasteiger partial charge >= 0.3 is 0 Å². The second-order valence-electron chi connectivity index (χ2n) is 4.30. The van der Waals surface area contributed by atoms with E-state index < -0.39 is 10.0 Å². The number of hydrogen-bond donors (Lipinski definition) is 2. The molecule has 19 heavy (non-hydrogen) atoms. The lowest BCUT2D eigenvalue weighted by Crippen LogP contribution is -2.12. The zero-order chi connectivity index (χ0) is 14.0. The lowest BCUT2D eigenvalue weighted by molar-refractivity contribution is 0.598. The van der Waals surface area contributed by atoms with Crippen molar-refractivity contribution in [3.8, 4) is 0 Å². The molecule has 1 heterocycles. The number of benzene rings is 1. The predicted octanol–water partition coefficient (Wildman–Crippen LogP) is 0.988. The third-order valence-corrected chi connectivity index (χ3v) is 3.93. The Balaban J connectivity index is 2.07. The fraction of sp³-hybridized carbons (Fsp3) is 0.250. The Hall–Kier alpha value is -1.86. The molecule has 0 amide bonds. The van der Waals surface area contributed by atoms with Crippen LogP contribution in [-0.2, 0) is 23.6 Å². The molecular weight excluding hydrogens is 264 g/mol. The normalized spacial score (nSPS) is 11.5. The van der Waals surface area contributed by atoms with Crippen molar-refractivity contribution in [1.29, 1.82) is 0 Å². The van der Waals surface area contributed by atoms with Crippen LogP contribution < -0.4 is 10.5 Å². The Labute approximate surface area is 112 Å². The summed E-state index contributed by atoms with van der Waals surface area (Å²) in [6.07, 6.45) is 1.81. The van der Waals surface area contributed by atoms with Crippen LogP contribution in [0, 0.1) is 6.92 Å². The van der Waals surface area contributed by atoms with Crippen LogP contribution in [0.3, 0.4) is 0 Å². The molecule has 102 valence electrons. The Morgan fingerprint density at radius 2 is 1.95 bits per heavy atom. The highest BCUT2D eigenvalue weighted by Gasteiger charge is 2.07. The van der Waals surface area contributed by atoms with Crippen LogP contribution in [0.2, 0.25) is 0 Å². The van der Waals surface area contributed by atoms with E-state index in [9.17, 15) is 8.42 Å². The van der Waals surface area contributed by atoms with E-state index in [-0.39, 0.29) is 4.90 Å². The number of nitrogens with one attached hydrogen (secondary N) is 1. The molecule has 0 saturated heterocycles. The summed E-state index contributed by atoms with van der Waals surface area (Å²) in [6, 6.07) is 6.33. The van der Waals surface area contributed by atoms with Gasteiger partial charge in [-0.1, -0.05) is 0 Å². The summed E-state index contributed by atoms with van der Waals surface area (Å²) < 4.78 is 24.0. The smallest absolute Gasteiger partial charge is 0.238 e. The lowest BCUT2D eigenvalue weighted by Gasteiger charge is -2.06. The first kappa shape index (κ1) is 13.6. The van der Waals surface area contributed by atoms with Gasteiger partial charge in [-0.2, -0.15) is 5.10 Å². The van der Waals surface area contributed by atoms with Crippen LogP contribution >= 0.6 is 0 Å². The highest BCUT2D eigenvalue weighted by Crippen LogP contribution is 2.14. The van der Waals surface area contributed by atoms with Crippen LogP contribution in [0.15, 0.2) is 35.4 Å². The van der Waals surface area contributed by atoms with Crippen molar-refractivity contribution in [3.63, 3.8) is 0 Å². The molecule has 2 aromatic rings. The van der Waals surface area contributed by atoms with Gasteiger partial charge in [0.15, 0.2) is 0 Å². The molecule has 7 heteroatoms. The summed E-state index contributed by atoms with van der Waals surface area (Å²) in [5, 5.41) is 12.4. The lowest BCUT2D eigenvalue weighted by atomic mass is 10.2. The summed E-state index contributed by atoms with van der Waals surface area (Å²) in [5.41, 5.74) is 3.02. The number of rotatable bonds is 4. The number of nitrogens with two attached hydrogens (primary N) is 1. The fourth-order valence-electron chi connectivity index (χ4n) is 1.68. The molecule has 0 bridgehead atoms. The monoisotopic (exact) mass is 280 g/mol. The number of sulfonamides is 1. The molecule has 0 aliphatic rings. The number of hydrogen-bond acceptors (Lipinski definition) is 4. The SMILES string of the molecule is Cc1c(CNc2ccc(S(N)(=O)=O)cc2)cnn1C. The Morgan fingerprint density at radius 3 is 2.42 bits per heavy atom. The Bertz CT molecular complexity index is 674. The standard InChI is InChI=1S/C12H16N4O2S/c1-9-10(8-15-16(9)2)7-14-11-3-5-12(6-4-11)19(13,17)18/h3-6,8,14H,7H2,1-2H3,(H2,13,17,18). The highest BCUT2D eigenvalue weighted by atomic mass is 32.2. The maximum Gasteiger partial charge on any atom is 0.238 e. The first-order chi connectivity index (χ1) is 8.88. The summed E-state index contributed by atoms with van der Waals surface area (Å²) in [6.45, 7) is 2.63. The maximum atomic E-state index is 11.1. The molecule has 0 atom stereocenters. The van der Waals surface area contributed by atoms with Crippen molar-refractivity contribution in [2.75, 3.05) is 5.32 Å². The summed E-state index contributed by atoms with van der Waals surface area (Å²) in [4.78, 5) is 0.107. The number of anilines is 1. The third kappa shape index (κ3) is 3.12. The van der Waals surface area contributed by atoms with Gasteiger partial charge in [-0.3, -0.25) is 4.68 Å². The van der Waals surface area contributed by atoms with Gasteiger partial charge in [0.25, 0.3) is 0 Å². The van der Waals surface area contributed by atoms with Gasteiger partial charge in [0.05, 0.1) is 11.1 Å². The zero-order valence-electron chi connectivity index (χ0n) is 10.8. The minimum atomic E-state index is -3.63. The van der Waals surface area contributed by atoms with E-state index in [2.05, 4.69) is 10.4 Å².